The molecule has 0 unspecified atom stereocenters. The number of rotatable bonds is 0. The Morgan fingerprint density at radius 3 is 3.44 bits per heavy atom. The van der Waals surface area contributed by atoms with E-state index in [1.165, 1.54) is 11.0 Å². The van der Waals surface area contributed by atoms with Crippen LogP contribution in [0.25, 0.3) is 5.65 Å². The van der Waals surface area contributed by atoms with Gasteiger partial charge in [-0.15, -0.1) is 14.8 Å². The van der Waals surface area contributed by atoms with Gasteiger partial charge in [-0.2, -0.15) is 0 Å². The summed E-state index contributed by atoms with van der Waals surface area (Å²) in [6.45, 7) is 0. The highest BCUT2D eigenvalue weighted by Gasteiger charge is 1.89. The van der Waals surface area contributed by atoms with Gasteiger partial charge in [-0.3, -0.25) is 0 Å². The molecule has 0 fully saturated rings. The first-order chi connectivity index (χ1) is 4.47. The number of nitrogens with zero attached hydrogens (tertiary/aromatic N) is 4. The SMILES string of the molecule is [c]1ccc2ncnn2n1. The number of hydrogen-bond acceptors (Lipinski definition) is 3. The Morgan fingerprint density at radius 1 is 1.56 bits per heavy atom. The normalized spacial score (nSPS) is 10.2. The predicted octanol–water partition coefficient (Wildman–Crippen LogP) is -0.0755. The second-order valence-corrected chi connectivity index (χ2v) is 1.57. The molecule has 0 aromatic carbocycles. The van der Waals surface area contributed by atoms with Crippen LogP contribution >= 0.6 is 0 Å². The maximum atomic E-state index is 3.89. The third-order valence-electron chi connectivity index (χ3n) is 1.02. The summed E-state index contributed by atoms with van der Waals surface area (Å²) in [5.74, 6) is 0. The smallest absolute Gasteiger partial charge is 0.176 e. The van der Waals surface area contributed by atoms with Crippen molar-refractivity contribution in [3.63, 3.8) is 0 Å². The number of fused-ring (bicyclic) bond motifs is 1. The molecule has 0 saturated heterocycles. The zero-order chi connectivity index (χ0) is 6.10. The van der Waals surface area contributed by atoms with E-state index in [0.29, 0.717) is 0 Å². The van der Waals surface area contributed by atoms with Crippen LogP contribution in [-0.2, 0) is 0 Å². The van der Waals surface area contributed by atoms with E-state index in [0.717, 1.165) is 5.65 Å². The molecule has 9 heavy (non-hydrogen) atoms. The first-order valence-electron chi connectivity index (χ1n) is 2.50. The zero-order valence-corrected chi connectivity index (χ0v) is 4.52. The predicted molar refractivity (Wildman–Crippen MR) is 29.6 cm³/mol. The molecule has 0 spiro atoms. The van der Waals surface area contributed by atoms with Crippen LogP contribution in [0.5, 0.6) is 0 Å². The van der Waals surface area contributed by atoms with Crippen molar-refractivity contribution in [2.75, 3.05) is 0 Å². The third-order valence-corrected chi connectivity index (χ3v) is 1.02. The van der Waals surface area contributed by atoms with Crippen molar-refractivity contribution in [3.05, 3.63) is 24.7 Å². The van der Waals surface area contributed by atoms with E-state index >= 15 is 0 Å². The second-order valence-electron chi connectivity index (χ2n) is 1.57. The first-order valence-corrected chi connectivity index (χ1v) is 2.50. The molecular weight excluding hydrogens is 116 g/mol. The molecule has 1 radical (unpaired) electrons. The maximum Gasteiger partial charge on any atom is 0.176 e. The minimum Gasteiger partial charge on any atom is -0.213 e. The van der Waals surface area contributed by atoms with Crippen LogP contribution in [0, 0.1) is 6.20 Å². The van der Waals surface area contributed by atoms with Crippen LogP contribution in [-0.4, -0.2) is 19.8 Å². The minimum absolute atomic E-state index is 0.744. The first kappa shape index (κ1) is 4.43. The van der Waals surface area contributed by atoms with Gasteiger partial charge in [-0.25, -0.2) is 4.98 Å². The van der Waals surface area contributed by atoms with Gasteiger partial charge in [0.2, 0.25) is 0 Å². The minimum atomic E-state index is 0.744. The van der Waals surface area contributed by atoms with Crippen LogP contribution in [0.2, 0.25) is 0 Å². The lowest BCUT2D eigenvalue weighted by Gasteiger charge is -1.82. The molecule has 0 N–H and O–H groups in total. The van der Waals surface area contributed by atoms with Gasteiger partial charge in [-0.05, 0) is 12.1 Å². The van der Waals surface area contributed by atoms with Crippen molar-refractivity contribution in [1.29, 1.82) is 0 Å². The molecule has 0 aliphatic heterocycles. The molecule has 2 rings (SSSR count). The topological polar surface area (TPSA) is 43.1 Å². The van der Waals surface area contributed by atoms with E-state index in [-0.39, 0.29) is 0 Å². The van der Waals surface area contributed by atoms with Gasteiger partial charge in [0.25, 0.3) is 0 Å². The van der Waals surface area contributed by atoms with Crippen molar-refractivity contribution >= 4 is 5.65 Å². The van der Waals surface area contributed by atoms with Crippen molar-refractivity contribution in [1.82, 2.24) is 19.8 Å². The van der Waals surface area contributed by atoms with E-state index in [9.17, 15) is 0 Å². The molecule has 2 aromatic heterocycles. The Morgan fingerprint density at radius 2 is 2.56 bits per heavy atom. The summed E-state index contributed by atoms with van der Waals surface area (Å²) in [7, 11) is 0. The van der Waals surface area contributed by atoms with Crippen molar-refractivity contribution in [3.8, 4) is 0 Å². The lowest BCUT2D eigenvalue weighted by Crippen LogP contribution is -1.90. The highest BCUT2D eigenvalue weighted by Crippen LogP contribution is 1.89. The summed E-state index contributed by atoms with van der Waals surface area (Å²) in [4.78, 5) is 3.89. The van der Waals surface area contributed by atoms with Crippen LogP contribution in [0.15, 0.2) is 18.5 Å². The molecule has 0 atom stereocenters. The summed E-state index contributed by atoms with van der Waals surface area (Å²) in [5, 5.41) is 7.54. The molecule has 0 amide bonds. The summed E-state index contributed by atoms with van der Waals surface area (Å²) in [5.41, 5.74) is 0.744. The van der Waals surface area contributed by atoms with Crippen molar-refractivity contribution in [2.24, 2.45) is 0 Å². The van der Waals surface area contributed by atoms with Crippen LogP contribution in [0.4, 0.5) is 0 Å². The molecule has 2 heterocycles. The largest absolute Gasteiger partial charge is 0.213 e. The second kappa shape index (κ2) is 1.51. The van der Waals surface area contributed by atoms with E-state index in [1.807, 2.05) is 0 Å². The molecule has 0 bridgehead atoms. The summed E-state index contributed by atoms with van der Waals surface area (Å²) >= 11 is 0. The van der Waals surface area contributed by atoms with Gasteiger partial charge in [0.1, 0.15) is 12.5 Å². The van der Waals surface area contributed by atoms with E-state index < -0.39 is 0 Å². The van der Waals surface area contributed by atoms with Crippen LogP contribution in [0.1, 0.15) is 0 Å². The van der Waals surface area contributed by atoms with Crippen LogP contribution in [0.3, 0.4) is 0 Å². The zero-order valence-electron chi connectivity index (χ0n) is 4.52. The fourth-order valence-corrected chi connectivity index (χ4v) is 0.631. The average molecular weight is 119 g/mol. The number of hydrogen-bond donors (Lipinski definition) is 0. The van der Waals surface area contributed by atoms with E-state index in [1.54, 1.807) is 12.1 Å². The van der Waals surface area contributed by atoms with E-state index in [2.05, 4.69) is 21.4 Å². The van der Waals surface area contributed by atoms with E-state index in [4.69, 9.17) is 0 Å². The molecule has 0 aliphatic carbocycles. The molecule has 2 aromatic rings. The Kier molecular flexibility index (Phi) is 0.745. The Hall–Kier alpha value is -1.45. The standard InChI is InChI=1S/C5H3N4/c1-2-5-6-4-8-9(5)7-3-1/h1-2,4H. The monoisotopic (exact) mass is 119 g/mol. The Balaban J connectivity index is 2.95. The fraction of sp³-hybridized carbons (Fsp3) is 0. The Labute approximate surface area is 51.1 Å². The van der Waals surface area contributed by atoms with Gasteiger partial charge < -0.3 is 0 Å². The van der Waals surface area contributed by atoms with Gasteiger partial charge in [0.05, 0.1) is 0 Å². The maximum absolute atomic E-state index is 3.89. The van der Waals surface area contributed by atoms with Gasteiger partial charge in [0.15, 0.2) is 5.65 Å². The van der Waals surface area contributed by atoms with Crippen molar-refractivity contribution < 1.29 is 0 Å². The highest BCUT2D eigenvalue weighted by atomic mass is 15.4. The number of aromatic nitrogens is 4. The lowest BCUT2D eigenvalue weighted by molar-refractivity contribution is 0.796. The molecule has 4 nitrogen and oxygen atoms in total. The third kappa shape index (κ3) is 0.561. The quantitative estimate of drug-likeness (QED) is 0.487. The molecular formula is C5H3N4. The van der Waals surface area contributed by atoms with Gasteiger partial charge >= 0.3 is 0 Å². The summed E-state index contributed by atoms with van der Waals surface area (Å²) < 4.78 is 1.42. The van der Waals surface area contributed by atoms with Crippen molar-refractivity contribution in [2.45, 2.75) is 0 Å². The molecule has 43 valence electrons. The fourth-order valence-electron chi connectivity index (χ4n) is 0.631. The average Bonchev–Trinajstić information content (AvgIpc) is 2.33. The molecule has 4 heteroatoms. The highest BCUT2D eigenvalue weighted by molar-refractivity contribution is 5.31. The van der Waals surface area contributed by atoms with Gasteiger partial charge in [-0.1, -0.05) is 0 Å². The Bertz CT molecular complexity index is 283. The summed E-state index contributed by atoms with van der Waals surface area (Å²) in [6.07, 6.45) is 4.09. The molecule has 0 saturated carbocycles. The molecule has 0 aliphatic rings. The summed E-state index contributed by atoms with van der Waals surface area (Å²) in [6, 6.07) is 3.49. The lowest BCUT2D eigenvalue weighted by atomic mass is 10.6. The van der Waals surface area contributed by atoms with Gasteiger partial charge in [0, 0.05) is 0 Å². The van der Waals surface area contributed by atoms with Crippen LogP contribution < -0.4 is 0 Å².